The topological polar surface area (TPSA) is 60.5 Å². The fourth-order valence-electron chi connectivity index (χ4n) is 2.78. The fraction of sp³-hybridized carbons (Fsp3) is 0.333. The normalized spacial score (nSPS) is 10.6. The molecular weight excluding hydrogens is 396 g/mol. The van der Waals surface area contributed by atoms with Crippen LogP contribution in [0, 0.1) is 13.8 Å². The average Bonchev–Trinajstić information content (AvgIpc) is 3.18. The molecule has 3 aromatic rings. The monoisotopic (exact) mass is 424 g/mol. The number of aryl methyl sites for hydroxylation is 2. The Morgan fingerprint density at radius 3 is 2.23 bits per heavy atom. The van der Waals surface area contributed by atoms with Gasteiger partial charge in [-0.3, -0.25) is 4.79 Å². The van der Waals surface area contributed by atoms with Crippen LogP contribution in [0.5, 0.6) is 11.5 Å². The first-order chi connectivity index (χ1) is 14.6. The van der Waals surface area contributed by atoms with Crippen LogP contribution in [0.4, 0.5) is 0 Å². The molecule has 1 N–H and O–H groups in total. The van der Waals surface area contributed by atoms with Gasteiger partial charge in [0.1, 0.15) is 23.1 Å². The Hall–Kier alpha value is -2.86. The number of unbranched alkanes of at least 4 members (excludes halogenated alkanes) is 1. The summed E-state index contributed by atoms with van der Waals surface area (Å²) >= 11 is 1.51. The van der Waals surface area contributed by atoms with Crippen molar-refractivity contribution < 1.29 is 14.3 Å². The first-order valence-corrected chi connectivity index (χ1v) is 11.1. The van der Waals surface area contributed by atoms with Crippen molar-refractivity contribution in [3.05, 3.63) is 75.7 Å². The van der Waals surface area contributed by atoms with Crippen LogP contribution in [0.25, 0.3) is 0 Å². The number of rotatable bonds is 11. The van der Waals surface area contributed by atoms with Crippen LogP contribution < -0.4 is 14.8 Å². The summed E-state index contributed by atoms with van der Waals surface area (Å²) in [5.41, 5.74) is 3.20. The lowest BCUT2D eigenvalue weighted by atomic mass is 10.2. The van der Waals surface area contributed by atoms with E-state index in [9.17, 15) is 4.79 Å². The molecule has 0 aliphatic heterocycles. The lowest BCUT2D eigenvalue weighted by molar-refractivity contribution is -0.120. The van der Waals surface area contributed by atoms with Gasteiger partial charge in [0.05, 0.1) is 18.7 Å². The van der Waals surface area contributed by atoms with Crippen LogP contribution in [-0.2, 0) is 17.8 Å². The van der Waals surface area contributed by atoms with Gasteiger partial charge < -0.3 is 14.8 Å². The van der Waals surface area contributed by atoms with Crippen molar-refractivity contribution in [2.45, 2.75) is 39.7 Å². The van der Waals surface area contributed by atoms with E-state index >= 15 is 0 Å². The molecule has 0 aliphatic carbocycles. The van der Waals surface area contributed by atoms with E-state index in [4.69, 9.17) is 9.47 Å². The van der Waals surface area contributed by atoms with Gasteiger partial charge in [-0.15, -0.1) is 11.3 Å². The molecule has 5 nitrogen and oxygen atoms in total. The molecule has 3 rings (SSSR count). The predicted octanol–water partition coefficient (Wildman–Crippen LogP) is 4.86. The van der Waals surface area contributed by atoms with Gasteiger partial charge in [0.25, 0.3) is 0 Å². The van der Waals surface area contributed by atoms with Crippen molar-refractivity contribution in [3.8, 4) is 11.5 Å². The lowest BCUT2D eigenvalue weighted by Gasteiger charge is -2.07. The molecule has 0 atom stereocenters. The molecule has 0 radical (unpaired) electrons. The van der Waals surface area contributed by atoms with Crippen LogP contribution >= 0.6 is 11.3 Å². The van der Waals surface area contributed by atoms with Crippen molar-refractivity contribution in [3.63, 3.8) is 0 Å². The zero-order valence-electron chi connectivity index (χ0n) is 17.5. The highest BCUT2D eigenvalue weighted by Gasteiger charge is 2.08. The number of hydrogen-bond donors (Lipinski definition) is 1. The molecule has 0 saturated heterocycles. The molecule has 0 saturated carbocycles. The summed E-state index contributed by atoms with van der Waals surface area (Å²) in [6.07, 6.45) is 2.07. The Kier molecular flexibility index (Phi) is 8.27. The summed E-state index contributed by atoms with van der Waals surface area (Å²) in [7, 11) is 0. The van der Waals surface area contributed by atoms with Gasteiger partial charge in [0.2, 0.25) is 5.91 Å². The molecule has 2 aromatic carbocycles. The first kappa shape index (κ1) is 21.8. The smallest absolute Gasteiger partial charge is 0.226 e. The molecule has 0 spiro atoms. The van der Waals surface area contributed by atoms with Crippen molar-refractivity contribution in [1.82, 2.24) is 10.3 Å². The summed E-state index contributed by atoms with van der Waals surface area (Å²) in [5.74, 6) is 1.70. The Labute approximate surface area is 182 Å². The van der Waals surface area contributed by atoms with Crippen molar-refractivity contribution in [2.24, 2.45) is 0 Å². The number of carbonyl (C=O) groups is 1. The number of nitrogens with zero attached hydrogens (tertiary/aromatic N) is 1. The van der Waals surface area contributed by atoms with Crippen molar-refractivity contribution in [1.29, 1.82) is 0 Å². The molecule has 0 unspecified atom stereocenters. The Morgan fingerprint density at radius 1 is 0.933 bits per heavy atom. The first-order valence-electron chi connectivity index (χ1n) is 10.2. The summed E-state index contributed by atoms with van der Waals surface area (Å²) in [4.78, 5) is 16.6. The molecule has 158 valence electrons. The summed E-state index contributed by atoms with van der Waals surface area (Å²) in [5, 5.41) is 5.74. The molecule has 30 heavy (non-hydrogen) atoms. The van der Waals surface area contributed by atoms with Crippen LogP contribution in [0.15, 0.2) is 53.9 Å². The maximum absolute atomic E-state index is 12.1. The fourth-order valence-corrected chi connectivity index (χ4v) is 3.49. The maximum Gasteiger partial charge on any atom is 0.226 e. The third-order valence-corrected chi connectivity index (χ3v) is 5.38. The molecule has 1 amide bonds. The number of benzene rings is 2. The number of ether oxygens (including phenoxy) is 2. The van der Waals surface area contributed by atoms with Crippen molar-refractivity contribution >= 4 is 17.2 Å². The largest absolute Gasteiger partial charge is 0.494 e. The van der Waals surface area contributed by atoms with Crippen LogP contribution in [0.3, 0.4) is 0 Å². The van der Waals surface area contributed by atoms with Crippen LogP contribution in [-0.4, -0.2) is 24.0 Å². The maximum atomic E-state index is 12.1. The van der Waals surface area contributed by atoms with E-state index in [1.165, 1.54) is 22.5 Å². The number of thiazole rings is 1. The number of aromatic nitrogens is 1. The summed E-state index contributed by atoms with van der Waals surface area (Å²) < 4.78 is 11.4. The molecule has 1 aromatic heterocycles. The van der Waals surface area contributed by atoms with E-state index in [0.29, 0.717) is 26.2 Å². The van der Waals surface area contributed by atoms with E-state index in [0.717, 1.165) is 35.0 Å². The Bertz CT molecular complexity index is 920. The second-order valence-electron chi connectivity index (χ2n) is 7.23. The van der Waals surface area contributed by atoms with Gasteiger partial charge in [0, 0.05) is 11.9 Å². The highest BCUT2D eigenvalue weighted by molar-refractivity contribution is 7.09. The van der Waals surface area contributed by atoms with E-state index in [-0.39, 0.29) is 5.91 Å². The van der Waals surface area contributed by atoms with Gasteiger partial charge >= 0.3 is 0 Å². The summed E-state index contributed by atoms with van der Waals surface area (Å²) in [6.45, 7) is 5.80. The third-order valence-electron chi connectivity index (χ3n) is 4.51. The second kappa shape index (κ2) is 11.4. The Morgan fingerprint density at radius 2 is 1.57 bits per heavy atom. The number of amides is 1. The standard InChI is InChI=1S/C24H28N2O3S/c1-18-5-9-21(10-6-18)28-14-4-3-13-25-23(27)15-20-17-30-24(26-20)16-29-22-11-7-19(2)8-12-22/h5-12,17H,3-4,13-16H2,1-2H3,(H,25,27). The van der Waals surface area contributed by atoms with Gasteiger partial charge in [-0.05, 0) is 51.0 Å². The third kappa shape index (κ3) is 7.52. The number of hydrogen-bond acceptors (Lipinski definition) is 5. The van der Waals surface area contributed by atoms with E-state index in [1.807, 2.05) is 60.8 Å². The SMILES string of the molecule is Cc1ccc(OCCCCNC(=O)Cc2csc(COc3ccc(C)cc3)n2)cc1. The molecule has 6 heteroatoms. The quantitative estimate of drug-likeness (QED) is 0.447. The van der Waals surface area contributed by atoms with E-state index in [1.54, 1.807) is 0 Å². The van der Waals surface area contributed by atoms with Gasteiger partial charge in [-0.1, -0.05) is 35.4 Å². The molecule has 1 heterocycles. The lowest BCUT2D eigenvalue weighted by Crippen LogP contribution is -2.26. The molecule has 0 bridgehead atoms. The zero-order valence-corrected chi connectivity index (χ0v) is 18.3. The second-order valence-corrected chi connectivity index (χ2v) is 8.17. The number of carbonyl (C=O) groups excluding carboxylic acids is 1. The minimum atomic E-state index is -0.00856. The Balaban J connectivity index is 1.28. The minimum Gasteiger partial charge on any atom is -0.494 e. The summed E-state index contributed by atoms with van der Waals surface area (Å²) in [6, 6.07) is 16.0. The van der Waals surface area contributed by atoms with Gasteiger partial charge in [-0.2, -0.15) is 0 Å². The molecular formula is C24H28N2O3S. The highest BCUT2D eigenvalue weighted by atomic mass is 32.1. The van der Waals surface area contributed by atoms with E-state index in [2.05, 4.69) is 17.2 Å². The van der Waals surface area contributed by atoms with Gasteiger partial charge in [0.15, 0.2) is 0 Å². The highest BCUT2D eigenvalue weighted by Crippen LogP contribution is 2.16. The van der Waals surface area contributed by atoms with Crippen LogP contribution in [0.2, 0.25) is 0 Å². The minimum absolute atomic E-state index is 0.00856. The number of nitrogens with one attached hydrogen (secondary N) is 1. The molecule has 0 aliphatic rings. The van der Waals surface area contributed by atoms with Gasteiger partial charge in [-0.25, -0.2) is 4.98 Å². The van der Waals surface area contributed by atoms with Crippen molar-refractivity contribution in [2.75, 3.05) is 13.2 Å². The zero-order chi connectivity index (χ0) is 21.2. The molecule has 0 fully saturated rings. The van der Waals surface area contributed by atoms with Crippen LogP contribution in [0.1, 0.15) is 34.7 Å². The average molecular weight is 425 g/mol. The predicted molar refractivity (Wildman–Crippen MR) is 120 cm³/mol. The van der Waals surface area contributed by atoms with E-state index < -0.39 is 0 Å².